The van der Waals surface area contributed by atoms with E-state index >= 15 is 0 Å². The lowest BCUT2D eigenvalue weighted by atomic mass is 9.80. The van der Waals surface area contributed by atoms with E-state index in [0.29, 0.717) is 12.5 Å². The van der Waals surface area contributed by atoms with E-state index < -0.39 is 0 Å². The molecular weight excluding hydrogens is 186 g/mol. The molecule has 0 amide bonds. The second kappa shape index (κ2) is 7.24. The van der Waals surface area contributed by atoms with Crippen LogP contribution in [-0.4, -0.2) is 24.8 Å². The summed E-state index contributed by atoms with van der Waals surface area (Å²) in [5.74, 6) is 2.40. The van der Waals surface area contributed by atoms with Gasteiger partial charge in [0.05, 0.1) is 0 Å². The zero-order chi connectivity index (χ0) is 11.1. The van der Waals surface area contributed by atoms with E-state index in [1.807, 2.05) is 0 Å². The van der Waals surface area contributed by atoms with Crippen molar-refractivity contribution in [1.82, 2.24) is 5.32 Å². The molecule has 0 aromatic carbocycles. The average molecular weight is 213 g/mol. The molecule has 15 heavy (non-hydrogen) atoms. The van der Waals surface area contributed by atoms with E-state index in [2.05, 4.69) is 19.2 Å². The summed E-state index contributed by atoms with van der Waals surface area (Å²) >= 11 is 0. The second-order valence-corrected chi connectivity index (χ2v) is 5.30. The molecule has 1 fully saturated rings. The molecule has 0 bridgehead atoms. The van der Waals surface area contributed by atoms with E-state index in [9.17, 15) is 0 Å². The number of rotatable bonds is 6. The van der Waals surface area contributed by atoms with Gasteiger partial charge in [-0.3, -0.25) is 0 Å². The van der Waals surface area contributed by atoms with Crippen LogP contribution in [0.25, 0.3) is 0 Å². The van der Waals surface area contributed by atoms with Gasteiger partial charge < -0.3 is 10.4 Å². The SMILES string of the molecule is C[C@H](CCO)CNC[C@@H]1CCCC[C@@H]1C. The van der Waals surface area contributed by atoms with Crippen LogP contribution in [0.2, 0.25) is 0 Å². The molecular formula is C13H27NO. The lowest BCUT2D eigenvalue weighted by Crippen LogP contribution is -2.32. The van der Waals surface area contributed by atoms with Gasteiger partial charge in [0.2, 0.25) is 0 Å². The number of nitrogens with one attached hydrogen (secondary N) is 1. The van der Waals surface area contributed by atoms with Crippen molar-refractivity contribution in [3.05, 3.63) is 0 Å². The molecule has 0 saturated heterocycles. The summed E-state index contributed by atoms with van der Waals surface area (Å²) in [6.07, 6.45) is 6.59. The van der Waals surface area contributed by atoms with Gasteiger partial charge in [-0.05, 0) is 43.7 Å². The second-order valence-electron chi connectivity index (χ2n) is 5.30. The highest BCUT2D eigenvalue weighted by Crippen LogP contribution is 2.28. The molecule has 0 heterocycles. The minimum atomic E-state index is 0.322. The number of hydrogen-bond acceptors (Lipinski definition) is 2. The smallest absolute Gasteiger partial charge is 0.0434 e. The van der Waals surface area contributed by atoms with Crippen molar-refractivity contribution in [1.29, 1.82) is 0 Å². The first-order valence-electron chi connectivity index (χ1n) is 6.55. The summed E-state index contributed by atoms with van der Waals surface area (Å²) in [6, 6.07) is 0. The topological polar surface area (TPSA) is 32.3 Å². The van der Waals surface area contributed by atoms with Crippen molar-refractivity contribution in [2.24, 2.45) is 17.8 Å². The number of aliphatic hydroxyl groups excluding tert-OH is 1. The summed E-state index contributed by atoms with van der Waals surface area (Å²) in [5.41, 5.74) is 0. The van der Waals surface area contributed by atoms with E-state index in [-0.39, 0.29) is 0 Å². The Morgan fingerprint density at radius 2 is 2.07 bits per heavy atom. The molecule has 0 aromatic heterocycles. The van der Waals surface area contributed by atoms with Crippen LogP contribution in [0.5, 0.6) is 0 Å². The summed E-state index contributed by atoms with van der Waals surface area (Å²) in [6.45, 7) is 7.15. The fourth-order valence-electron chi connectivity index (χ4n) is 2.53. The molecule has 2 N–H and O–H groups in total. The van der Waals surface area contributed by atoms with Crippen molar-refractivity contribution >= 4 is 0 Å². The maximum atomic E-state index is 8.80. The largest absolute Gasteiger partial charge is 0.396 e. The summed E-state index contributed by atoms with van der Waals surface area (Å²) in [7, 11) is 0. The van der Waals surface area contributed by atoms with Crippen LogP contribution in [-0.2, 0) is 0 Å². The summed E-state index contributed by atoms with van der Waals surface area (Å²) in [4.78, 5) is 0. The Morgan fingerprint density at radius 1 is 1.33 bits per heavy atom. The van der Waals surface area contributed by atoms with Crippen LogP contribution in [0.4, 0.5) is 0 Å². The third kappa shape index (κ3) is 4.98. The molecule has 0 aliphatic heterocycles. The van der Waals surface area contributed by atoms with E-state index in [0.717, 1.165) is 24.8 Å². The van der Waals surface area contributed by atoms with Gasteiger partial charge in [0, 0.05) is 6.61 Å². The Hall–Kier alpha value is -0.0800. The van der Waals surface area contributed by atoms with Gasteiger partial charge in [-0.1, -0.05) is 33.1 Å². The molecule has 2 nitrogen and oxygen atoms in total. The van der Waals surface area contributed by atoms with Crippen LogP contribution >= 0.6 is 0 Å². The van der Waals surface area contributed by atoms with Gasteiger partial charge in [-0.2, -0.15) is 0 Å². The van der Waals surface area contributed by atoms with Gasteiger partial charge in [-0.25, -0.2) is 0 Å². The Bertz CT molecular complexity index is 161. The molecule has 1 saturated carbocycles. The summed E-state index contributed by atoms with van der Waals surface area (Å²) < 4.78 is 0. The maximum absolute atomic E-state index is 8.80. The average Bonchev–Trinajstić information content (AvgIpc) is 2.21. The minimum Gasteiger partial charge on any atom is -0.396 e. The first-order valence-corrected chi connectivity index (χ1v) is 6.55. The number of hydrogen-bond donors (Lipinski definition) is 2. The normalized spacial score (nSPS) is 29.0. The molecule has 3 atom stereocenters. The molecule has 2 heteroatoms. The molecule has 0 unspecified atom stereocenters. The van der Waals surface area contributed by atoms with Crippen LogP contribution in [0, 0.1) is 17.8 Å². The highest BCUT2D eigenvalue weighted by molar-refractivity contribution is 4.74. The fraction of sp³-hybridized carbons (Fsp3) is 1.00. The maximum Gasteiger partial charge on any atom is 0.0434 e. The van der Waals surface area contributed by atoms with Crippen molar-refractivity contribution in [3.63, 3.8) is 0 Å². The summed E-state index contributed by atoms with van der Waals surface area (Å²) in [5, 5.41) is 12.4. The molecule has 0 aromatic rings. The van der Waals surface area contributed by atoms with Crippen molar-refractivity contribution < 1.29 is 5.11 Å². The predicted octanol–water partition coefficient (Wildman–Crippen LogP) is 2.42. The van der Waals surface area contributed by atoms with Crippen LogP contribution in [0.3, 0.4) is 0 Å². The highest BCUT2D eigenvalue weighted by atomic mass is 16.3. The number of aliphatic hydroxyl groups is 1. The van der Waals surface area contributed by atoms with E-state index in [1.54, 1.807) is 0 Å². The third-order valence-electron chi connectivity index (χ3n) is 3.81. The monoisotopic (exact) mass is 213 g/mol. The highest BCUT2D eigenvalue weighted by Gasteiger charge is 2.20. The third-order valence-corrected chi connectivity index (χ3v) is 3.81. The van der Waals surface area contributed by atoms with Crippen LogP contribution < -0.4 is 5.32 Å². The molecule has 1 rings (SSSR count). The first kappa shape index (κ1) is 13.0. The predicted molar refractivity (Wildman–Crippen MR) is 64.9 cm³/mol. The fourth-order valence-corrected chi connectivity index (χ4v) is 2.53. The standard InChI is InChI=1S/C13H27NO/c1-11(7-8-15)9-14-10-13-6-4-3-5-12(13)2/h11-15H,3-10H2,1-2H3/t11-,12+,13+/m1/s1. The quantitative estimate of drug-likeness (QED) is 0.710. The van der Waals surface area contributed by atoms with Crippen molar-refractivity contribution in [2.45, 2.75) is 46.0 Å². The van der Waals surface area contributed by atoms with Gasteiger partial charge >= 0.3 is 0 Å². The molecule has 90 valence electrons. The van der Waals surface area contributed by atoms with E-state index in [4.69, 9.17) is 5.11 Å². The van der Waals surface area contributed by atoms with E-state index in [1.165, 1.54) is 32.2 Å². The molecule has 1 aliphatic rings. The lowest BCUT2D eigenvalue weighted by Gasteiger charge is -2.29. The van der Waals surface area contributed by atoms with Crippen molar-refractivity contribution in [3.8, 4) is 0 Å². The van der Waals surface area contributed by atoms with Gasteiger partial charge in [0.1, 0.15) is 0 Å². The first-order chi connectivity index (χ1) is 7.24. The van der Waals surface area contributed by atoms with Gasteiger partial charge in [0.15, 0.2) is 0 Å². The van der Waals surface area contributed by atoms with Gasteiger partial charge in [-0.15, -0.1) is 0 Å². The zero-order valence-corrected chi connectivity index (χ0v) is 10.3. The Balaban J connectivity index is 2.08. The van der Waals surface area contributed by atoms with Crippen molar-refractivity contribution in [2.75, 3.05) is 19.7 Å². The lowest BCUT2D eigenvalue weighted by molar-refractivity contribution is 0.235. The molecule has 0 spiro atoms. The van der Waals surface area contributed by atoms with Crippen LogP contribution in [0.1, 0.15) is 46.0 Å². The van der Waals surface area contributed by atoms with Crippen LogP contribution in [0.15, 0.2) is 0 Å². The Kier molecular flexibility index (Phi) is 6.26. The minimum absolute atomic E-state index is 0.322. The zero-order valence-electron chi connectivity index (χ0n) is 10.3. The Labute approximate surface area is 94.5 Å². The molecule has 1 aliphatic carbocycles. The Morgan fingerprint density at radius 3 is 2.73 bits per heavy atom. The van der Waals surface area contributed by atoms with Gasteiger partial charge in [0.25, 0.3) is 0 Å². The molecule has 0 radical (unpaired) electrons.